The lowest BCUT2D eigenvalue weighted by Gasteiger charge is -2.20. The van der Waals surface area contributed by atoms with Crippen LogP contribution in [-0.4, -0.2) is 37.3 Å². The second-order valence-corrected chi connectivity index (χ2v) is 8.86. The molecule has 0 heterocycles. The van der Waals surface area contributed by atoms with E-state index < -0.39 is 5.97 Å². The Morgan fingerprint density at radius 1 is 1.00 bits per heavy atom. The second-order valence-electron chi connectivity index (χ2n) is 8.86. The van der Waals surface area contributed by atoms with Gasteiger partial charge in [-0.2, -0.15) is 0 Å². The first-order chi connectivity index (χ1) is 17.9. The molecule has 2 amide bonds. The smallest absolute Gasteiger partial charge is 0.331 e. The molecular weight excluding hydrogens is 464 g/mol. The van der Waals surface area contributed by atoms with Gasteiger partial charge < -0.3 is 15.2 Å². The van der Waals surface area contributed by atoms with E-state index in [1.807, 2.05) is 79.7 Å². The number of hydrogen-bond donors (Lipinski definition) is 2. The molecule has 37 heavy (non-hydrogen) atoms. The average Bonchev–Trinajstić information content (AvgIpc) is 2.92. The molecule has 0 aliphatic heterocycles. The average molecular weight is 501 g/mol. The Morgan fingerprint density at radius 2 is 1.78 bits per heavy atom. The summed E-state index contributed by atoms with van der Waals surface area (Å²) in [4.78, 5) is 25.9. The summed E-state index contributed by atoms with van der Waals surface area (Å²) in [6.07, 6.45) is 4.81. The molecule has 0 fully saturated rings. The number of urea groups is 1. The van der Waals surface area contributed by atoms with Gasteiger partial charge in [-0.1, -0.05) is 74.9 Å². The molecule has 3 rings (SSSR count). The van der Waals surface area contributed by atoms with Gasteiger partial charge in [-0.05, 0) is 60.2 Å². The molecule has 3 aromatic rings. The fraction of sp³-hybridized carbons (Fsp3) is 0.290. The summed E-state index contributed by atoms with van der Waals surface area (Å²) in [6.45, 7) is 5.05. The Hall–Kier alpha value is -4.06. The van der Waals surface area contributed by atoms with Gasteiger partial charge in [0.15, 0.2) is 0 Å². The highest BCUT2D eigenvalue weighted by atomic mass is 16.5. The lowest BCUT2D eigenvalue weighted by atomic mass is 10.0. The van der Waals surface area contributed by atoms with Crippen LogP contribution in [0.1, 0.15) is 44.2 Å². The van der Waals surface area contributed by atoms with Crippen LogP contribution in [0.3, 0.4) is 0 Å². The predicted molar refractivity (Wildman–Crippen MR) is 150 cm³/mol. The Morgan fingerprint density at radius 3 is 2.49 bits per heavy atom. The van der Waals surface area contributed by atoms with Crippen LogP contribution >= 0.6 is 0 Å². The molecule has 0 spiro atoms. The summed E-state index contributed by atoms with van der Waals surface area (Å²) in [5.41, 5.74) is 4.86. The van der Waals surface area contributed by atoms with Gasteiger partial charge in [0.25, 0.3) is 0 Å². The largest absolute Gasteiger partial charge is 0.493 e. The topological polar surface area (TPSA) is 78.9 Å². The van der Waals surface area contributed by atoms with Gasteiger partial charge in [0.2, 0.25) is 0 Å². The lowest BCUT2D eigenvalue weighted by Crippen LogP contribution is -2.38. The number of benzene rings is 3. The fourth-order valence-electron chi connectivity index (χ4n) is 3.91. The van der Waals surface area contributed by atoms with Crippen molar-refractivity contribution in [3.63, 3.8) is 0 Å². The van der Waals surface area contributed by atoms with Crippen molar-refractivity contribution in [2.45, 2.75) is 39.5 Å². The van der Waals surface area contributed by atoms with E-state index in [0.717, 1.165) is 41.6 Å². The molecule has 0 aromatic heterocycles. The van der Waals surface area contributed by atoms with Crippen molar-refractivity contribution in [1.29, 1.82) is 0 Å². The molecule has 0 unspecified atom stereocenters. The van der Waals surface area contributed by atoms with Gasteiger partial charge >= 0.3 is 12.0 Å². The van der Waals surface area contributed by atoms with Crippen molar-refractivity contribution >= 4 is 23.8 Å². The normalized spacial score (nSPS) is 11.2. The van der Waals surface area contributed by atoms with Crippen LogP contribution in [0, 0.1) is 0 Å². The van der Waals surface area contributed by atoms with E-state index in [1.165, 1.54) is 5.56 Å². The Balaban J connectivity index is 1.81. The van der Waals surface area contributed by atoms with E-state index in [1.54, 1.807) is 18.0 Å². The molecule has 0 atom stereocenters. The number of aliphatic carboxylic acids is 1. The minimum atomic E-state index is -0.919. The quantitative estimate of drug-likeness (QED) is 0.212. The number of nitrogens with one attached hydrogen (secondary N) is 1. The summed E-state index contributed by atoms with van der Waals surface area (Å²) in [7, 11) is 1.75. The highest BCUT2D eigenvalue weighted by Gasteiger charge is 2.14. The van der Waals surface area contributed by atoms with Crippen molar-refractivity contribution in [3.8, 4) is 16.9 Å². The monoisotopic (exact) mass is 500 g/mol. The number of nitrogens with zero attached hydrogens (tertiary/aromatic N) is 1. The van der Waals surface area contributed by atoms with E-state index in [9.17, 15) is 14.7 Å². The number of unbranched alkanes of at least 4 members (excludes halogenated alkanes) is 1. The minimum Gasteiger partial charge on any atom is -0.493 e. The number of hydrogen-bond acceptors (Lipinski definition) is 3. The van der Waals surface area contributed by atoms with Crippen LogP contribution in [0.25, 0.3) is 17.2 Å². The number of carbonyl (C=O) groups is 2. The zero-order valence-electron chi connectivity index (χ0n) is 21.9. The highest BCUT2D eigenvalue weighted by molar-refractivity contribution is 5.93. The summed E-state index contributed by atoms with van der Waals surface area (Å²) in [5.74, 6) is -0.229. The van der Waals surface area contributed by atoms with Crippen LogP contribution in [0.5, 0.6) is 5.75 Å². The standard InChI is InChI=1S/C31H36N2O4/c1-4-6-19-37-29-21-24(20-25(5-2)30(34)35)15-16-28(29)26-13-10-14-27(22-26)33(3)31(36)32-18-17-23-11-8-7-9-12-23/h7-16,20-22H,4-6,17-19H2,1-3H3,(H,32,36)(H,34,35)/b25-20-. The molecule has 6 heteroatoms. The number of ether oxygens (including phenoxy) is 1. The van der Waals surface area contributed by atoms with Crippen molar-refractivity contribution in [3.05, 3.63) is 89.5 Å². The third kappa shape index (κ3) is 7.97. The third-order valence-electron chi connectivity index (χ3n) is 6.14. The van der Waals surface area contributed by atoms with Crippen LogP contribution in [0.2, 0.25) is 0 Å². The second kappa shape index (κ2) is 13.9. The summed E-state index contributed by atoms with van der Waals surface area (Å²) >= 11 is 0. The number of carbonyl (C=O) groups excluding carboxylic acids is 1. The first kappa shape index (κ1) is 27.5. The van der Waals surface area contributed by atoms with Crippen LogP contribution in [0.4, 0.5) is 10.5 Å². The zero-order valence-corrected chi connectivity index (χ0v) is 21.9. The Labute approximate surface area is 219 Å². The van der Waals surface area contributed by atoms with Gasteiger partial charge in [0.05, 0.1) is 6.61 Å². The van der Waals surface area contributed by atoms with Crippen LogP contribution in [0.15, 0.2) is 78.4 Å². The maximum atomic E-state index is 12.8. The molecule has 0 bridgehead atoms. The van der Waals surface area contributed by atoms with Crippen molar-refractivity contribution in [1.82, 2.24) is 5.32 Å². The van der Waals surface area contributed by atoms with Crippen LogP contribution < -0.4 is 15.0 Å². The van der Waals surface area contributed by atoms with E-state index >= 15 is 0 Å². The van der Waals surface area contributed by atoms with Crippen molar-refractivity contribution in [2.24, 2.45) is 0 Å². The first-order valence-corrected chi connectivity index (χ1v) is 12.8. The molecule has 0 saturated carbocycles. The SMILES string of the molecule is CCCCOc1cc(/C=C(/CC)C(=O)O)ccc1-c1cccc(N(C)C(=O)NCCc2ccccc2)c1. The lowest BCUT2D eigenvalue weighted by molar-refractivity contribution is -0.132. The van der Waals surface area contributed by atoms with E-state index in [-0.39, 0.29) is 6.03 Å². The van der Waals surface area contributed by atoms with Gasteiger partial charge in [-0.25, -0.2) is 9.59 Å². The maximum absolute atomic E-state index is 12.8. The summed E-state index contributed by atoms with van der Waals surface area (Å²) in [5, 5.41) is 12.4. The van der Waals surface area contributed by atoms with E-state index in [4.69, 9.17) is 4.74 Å². The number of rotatable bonds is 12. The summed E-state index contributed by atoms with van der Waals surface area (Å²) < 4.78 is 6.12. The third-order valence-corrected chi connectivity index (χ3v) is 6.14. The van der Waals surface area contributed by atoms with Crippen LogP contribution in [-0.2, 0) is 11.2 Å². The van der Waals surface area contributed by atoms with Gasteiger partial charge in [0, 0.05) is 30.4 Å². The molecule has 0 aliphatic rings. The van der Waals surface area contributed by atoms with Gasteiger partial charge in [-0.15, -0.1) is 0 Å². The van der Waals surface area contributed by atoms with Gasteiger partial charge in [0.1, 0.15) is 5.75 Å². The molecule has 0 aliphatic carbocycles. The van der Waals surface area contributed by atoms with Gasteiger partial charge in [-0.3, -0.25) is 4.90 Å². The molecule has 6 nitrogen and oxygen atoms in total. The Bertz CT molecular complexity index is 1220. The molecule has 194 valence electrons. The highest BCUT2D eigenvalue weighted by Crippen LogP contribution is 2.34. The number of carboxylic acids is 1. The molecular formula is C31H36N2O4. The number of anilines is 1. The molecule has 0 radical (unpaired) electrons. The molecule has 3 aromatic carbocycles. The van der Waals surface area contributed by atoms with E-state index in [0.29, 0.717) is 30.9 Å². The zero-order chi connectivity index (χ0) is 26.6. The predicted octanol–water partition coefficient (Wildman–Crippen LogP) is 6.80. The molecule has 2 N–H and O–H groups in total. The summed E-state index contributed by atoms with van der Waals surface area (Å²) in [6, 6.07) is 23.4. The number of amides is 2. The van der Waals surface area contributed by atoms with E-state index in [2.05, 4.69) is 12.2 Å². The fourth-order valence-corrected chi connectivity index (χ4v) is 3.91. The van der Waals surface area contributed by atoms with Crippen molar-refractivity contribution in [2.75, 3.05) is 25.1 Å². The first-order valence-electron chi connectivity index (χ1n) is 12.8. The number of carboxylic acid groups (broad SMARTS) is 1. The molecule has 0 saturated heterocycles. The van der Waals surface area contributed by atoms with Crippen molar-refractivity contribution < 1.29 is 19.4 Å². The maximum Gasteiger partial charge on any atom is 0.331 e. The minimum absolute atomic E-state index is 0.172. The Kier molecular flexibility index (Phi) is 10.3.